The minimum absolute atomic E-state index is 0.114. The lowest BCUT2D eigenvalue weighted by molar-refractivity contribution is 0.696. The van der Waals surface area contributed by atoms with Crippen molar-refractivity contribution in [3.8, 4) is 0 Å². The molecule has 78 valence electrons. The number of pyridine rings is 1. The maximum atomic E-state index is 11.8. The average Bonchev–Trinajstić information content (AvgIpc) is 2.14. The van der Waals surface area contributed by atoms with Crippen molar-refractivity contribution in [2.45, 2.75) is 27.3 Å². The highest BCUT2D eigenvalue weighted by molar-refractivity contribution is 5.25. The minimum atomic E-state index is 0.114. The number of aromatic nitrogens is 1. The average molecular weight is 194 g/mol. The molecule has 0 unspecified atom stereocenters. The molecule has 1 aromatic heterocycles. The van der Waals surface area contributed by atoms with Gasteiger partial charge < -0.3 is 9.88 Å². The zero-order valence-electron chi connectivity index (χ0n) is 9.35. The predicted molar refractivity (Wildman–Crippen MR) is 58.5 cm³/mol. The smallest absolute Gasteiger partial charge is 0.255 e. The second kappa shape index (κ2) is 4.42. The molecule has 1 N–H and O–H groups in total. The summed E-state index contributed by atoms with van der Waals surface area (Å²) < 4.78 is 1.69. The lowest BCUT2D eigenvalue weighted by Crippen LogP contribution is -2.28. The van der Waals surface area contributed by atoms with Gasteiger partial charge in [-0.25, -0.2) is 0 Å². The van der Waals surface area contributed by atoms with Gasteiger partial charge in [0, 0.05) is 24.8 Å². The number of nitrogens with one attached hydrogen (secondary N) is 1. The van der Waals surface area contributed by atoms with Crippen LogP contribution in [0.1, 0.15) is 23.7 Å². The molecule has 1 rings (SSSR count). The largest absolute Gasteiger partial charge is 0.316 e. The van der Waals surface area contributed by atoms with Crippen molar-refractivity contribution >= 4 is 0 Å². The van der Waals surface area contributed by atoms with E-state index in [2.05, 4.69) is 5.32 Å². The lowest BCUT2D eigenvalue weighted by atomic mass is 10.1. The Kier molecular flexibility index (Phi) is 3.47. The van der Waals surface area contributed by atoms with Crippen LogP contribution in [0.4, 0.5) is 0 Å². The molecule has 3 nitrogen and oxygen atoms in total. The Morgan fingerprint density at radius 3 is 2.64 bits per heavy atom. The van der Waals surface area contributed by atoms with Crippen molar-refractivity contribution in [2.24, 2.45) is 7.05 Å². The zero-order valence-corrected chi connectivity index (χ0v) is 9.35. The van der Waals surface area contributed by atoms with E-state index in [0.29, 0.717) is 6.54 Å². The van der Waals surface area contributed by atoms with Gasteiger partial charge >= 0.3 is 0 Å². The number of hydrogen-bond acceptors (Lipinski definition) is 2. The molecule has 0 aromatic carbocycles. The monoisotopic (exact) mass is 194 g/mol. The van der Waals surface area contributed by atoms with Crippen LogP contribution in [0.5, 0.6) is 0 Å². The summed E-state index contributed by atoms with van der Waals surface area (Å²) in [6, 6.07) is 2.05. The molecule has 1 aromatic rings. The first-order valence-corrected chi connectivity index (χ1v) is 4.94. The summed E-state index contributed by atoms with van der Waals surface area (Å²) in [7, 11) is 1.81. The first-order chi connectivity index (χ1) is 6.57. The Hall–Kier alpha value is -1.09. The summed E-state index contributed by atoms with van der Waals surface area (Å²) in [5, 5.41) is 3.18. The number of hydrogen-bond donors (Lipinski definition) is 1. The van der Waals surface area contributed by atoms with Crippen LogP contribution >= 0.6 is 0 Å². The third kappa shape index (κ3) is 2.04. The third-order valence-corrected chi connectivity index (χ3v) is 2.55. The van der Waals surface area contributed by atoms with Gasteiger partial charge in [-0.05, 0) is 32.0 Å². The molecule has 0 spiro atoms. The predicted octanol–water partition coefficient (Wildman–Crippen LogP) is 1.11. The normalized spacial score (nSPS) is 10.6. The van der Waals surface area contributed by atoms with Gasteiger partial charge in [-0.2, -0.15) is 0 Å². The van der Waals surface area contributed by atoms with Gasteiger partial charge in [-0.3, -0.25) is 4.79 Å². The molecular formula is C11H18N2O. The maximum absolute atomic E-state index is 11.8. The highest BCUT2D eigenvalue weighted by atomic mass is 16.1. The molecule has 0 fully saturated rings. The van der Waals surface area contributed by atoms with Crippen LogP contribution < -0.4 is 10.9 Å². The van der Waals surface area contributed by atoms with E-state index < -0.39 is 0 Å². The van der Waals surface area contributed by atoms with E-state index in [9.17, 15) is 4.79 Å². The molecule has 1 heterocycles. The molecule has 0 aliphatic carbocycles. The van der Waals surface area contributed by atoms with Gasteiger partial charge in [0.15, 0.2) is 0 Å². The summed E-state index contributed by atoms with van der Waals surface area (Å²) in [5.74, 6) is 0. The molecule has 0 saturated heterocycles. The molecule has 0 bridgehead atoms. The molecule has 0 amide bonds. The van der Waals surface area contributed by atoms with Gasteiger partial charge in [-0.15, -0.1) is 0 Å². The van der Waals surface area contributed by atoms with Crippen LogP contribution in [0.2, 0.25) is 0 Å². The second-order valence-electron chi connectivity index (χ2n) is 3.59. The molecule has 0 aliphatic heterocycles. The molecule has 0 radical (unpaired) electrons. The van der Waals surface area contributed by atoms with E-state index >= 15 is 0 Å². The summed E-state index contributed by atoms with van der Waals surface area (Å²) >= 11 is 0. The van der Waals surface area contributed by atoms with E-state index in [1.165, 1.54) is 0 Å². The SMILES string of the molecule is CCNCc1c(C)cc(C)n(C)c1=O. The second-order valence-corrected chi connectivity index (χ2v) is 3.59. The molecule has 0 saturated carbocycles. The van der Waals surface area contributed by atoms with Crippen molar-refractivity contribution < 1.29 is 0 Å². The van der Waals surface area contributed by atoms with Gasteiger partial charge in [0.05, 0.1) is 0 Å². The van der Waals surface area contributed by atoms with Gasteiger partial charge in [0.25, 0.3) is 5.56 Å². The lowest BCUT2D eigenvalue weighted by Gasteiger charge is -2.10. The topological polar surface area (TPSA) is 34.0 Å². The third-order valence-electron chi connectivity index (χ3n) is 2.55. The Labute approximate surface area is 84.8 Å². The van der Waals surface area contributed by atoms with E-state index in [-0.39, 0.29) is 5.56 Å². The Morgan fingerprint density at radius 2 is 2.07 bits per heavy atom. The maximum Gasteiger partial charge on any atom is 0.255 e. The summed E-state index contributed by atoms with van der Waals surface area (Å²) in [6.45, 7) is 7.52. The van der Waals surface area contributed by atoms with Gasteiger partial charge in [0.2, 0.25) is 0 Å². The standard InChI is InChI=1S/C11H18N2O/c1-5-12-7-10-8(2)6-9(3)13(4)11(10)14/h6,12H,5,7H2,1-4H3. The first-order valence-electron chi connectivity index (χ1n) is 4.94. The minimum Gasteiger partial charge on any atom is -0.316 e. The van der Waals surface area contributed by atoms with Gasteiger partial charge in [-0.1, -0.05) is 6.92 Å². The van der Waals surface area contributed by atoms with Crippen molar-refractivity contribution in [2.75, 3.05) is 6.54 Å². The highest BCUT2D eigenvalue weighted by Crippen LogP contribution is 2.04. The Morgan fingerprint density at radius 1 is 1.43 bits per heavy atom. The van der Waals surface area contributed by atoms with E-state index in [4.69, 9.17) is 0 Å². The van der Waals surface area contributed by atoms with Crippen LogP contribution in [-0.4, -0.2) is 11.1 Å². The van der Waals surface area contributed by atoms with E-state index in [1.54, 1.807) is 4.57 Å². The summed E-state index contributed by atoms with van der Waals surface area (Å²) in [5.41, 5.74) is 3.07. The molecule has 0 atom stereocenters. The zero-order chi connectivity index (χ0) is 10.7. The summed E-state index contributed by atoms with van der Waals surface area (Å²) in [4.78, 5) is 11.8. The van der Waals surface area contributed by atoms with Crippen molar-refractivity contribution in [1.29, 1.82) is 0 Å². The number of aryl methyl sites for hydroxylation is 2. The van der Waals surface area contributed by atoms with E-state index in [0.717, 1.165) is 23.4 Å². The fourth-order valence-corrected chi connectivity index (χ4v) is 1.49. The number of rotatable bonds is 3. The van der Waals surface area contributed by atoms with E-state index in [1.807, 2.05) is 33.9 Å². The molecule has 0 aliphatic rings. The van der Waals surface area contributed by atoms with Crippen molar-refractivity contribution in [3.63, 3.8) is 0 Å². The molecule has 3 heteroatoms. The van der Waals surface area contributed by atoms with Gasteiger partial charge in [0.1, 0.15) is 0 Å². The van der Waals surface area contributed by atoms with Crippen LogP contribution in [0.15, 0.2) is 10.9 Å². The van der Waals surface area contributed by atoms with Crippen LogP contribution in [0.25, 0.3) is 0 Å². The van der Waals surface area contributed by atoms with Crippen LogP contribution in [-0.2, 0) is 13.6 Å². The highest BCUT2D eigenvalue weighted by Gasteiger charge is 2.06. The quantitative estimate of drug-likeness (QED) is 0.782. The number of nitrogens with zero attached hydrogens (tertiary/aromatic N) is 1. The molecule has 14 heavy (non-hydrogen) atoms. The van der Waals surface area contributed by atoms with Crippen LogP contribution in [0.3, 0.4) is 0 Å². The van der Waals surface area contributed by atoms with Crippen molar-refractivity contribution in [3.05, 3.63) is 33.2 Å². The fraction of sp³-hybridized carbons (Fsp3) is 0.545. The van der Waals surface area contributed by atoms with Crippen LogP contribution in [0, 0.1) is 13.8 Å². The molecular weight excluding hydrogens is 176 g/mol. The Balaban J connectivity index is 3.16. The first kappa shape index (κ1) is 11.0. The van der Waals surface area contributed by atoms with Crippen molar-refractivity contribution in [1.82, 2.24) is 9.88 Å². The summed E-state index contributed by atoms with van der Waals surface area (Å²) in [6.07, 6.45) is 0. The Bertz CT molecular complexity index is 380. The fourth-order valence-electron chi connectivity index (χ4n) is 1.49.